The highest BCUT2D eigenvalue weighted by Crippen LogP contribution is 2.39. The zero-order valence-corrected chi connectivity index (χ0v) is 22.6. The molecule has 1 aromatic carbocycles. The van der Waals surface area contributed by atoms with Crippen molar-refractivity contribution in [1.29, 1.82) is 5.26 Å². The third-order valence-electron chi connectivity index (χ3n) is 5.61. The van der Waals surface area contributed by atoms with Crippen molar-refractivity contribution in [3.8, 4) is 6.07 Å². The number of anilines is 1. The number of nitrogens with zero attached hydrogens (tertiary/aromatic N) is 4. The summed E-state index contributed by atoms with van der Waals surface area (Å²) in [6, 6.07) is 12.2. The average molecular weight is 526 g/mol. The molecule has 8 nitrogen and oxygen atoms in total. The zero-order chi connectivity index (χ0) is 26.3. The van der Waals surface area contributed by atoms with Gasteiger partial charge in [-0.1, -0.05) is 39.3 Å². The maximum Gasteiger partial charge on any atom is 0.230 e. The predicted octanol–water partition coefficient (Wildman–Crippen LogP) is 4.88. The normalized spacial score (nSPS) is 14.9. The van der Waals surface area contributed by atoms with Crippen LogP contribution in [0, 0.1) is 11.3 Å². The Morgan fingerprint density at radius 3 is 2.44 bits per heavy atom. The van der Waals surface area contributed by atoms with Gasteiger partial charge in [0.15, 0.2) is 15.0 Å². The Labute approximate surface area is 216 Å². The summed E-state index contributed by atoms with van der Waals surface area (Å²) in [4.78, 5) is 25.1. The lowest BCUT2D eigenvalue weighted by Gasteiger charge is -2.20. The van der Waals surface area contributed by atoms with E-state index in [0.717, 1.165) is 28.4 Å². The van der Waals surface area contributed by atoms with Gasteiger partial charge in [0.25, 0.3) is 0 Å². The fourth-order valence-corrected chi connectivity index (χ4v) is 5.64. The van der Waals surface area contributed by atoms with Gasteiger partial charge in [-0.25, -0.2) is 13.4 Å². The number of sulfone groups is 1. The van der Waals surface area contributed by atoms with Gasteiger partial charge in [-0.3, -0.25) is 14.7 Å². The van der Waals surface area contributed by atoms with Crippen LogP contribution in [0.25, 0.3) is 0 Å². The Morgan fingerprint density at radius 1 is 1.19 bits per heavy atom. The van der Waals surface area contributed by atoms with Gasteiger partial charge in [0, 0.05) is 24.2 Å². The van der Waals surface area contributed by atoms with Gasteiger partial charge in [-0.15, -0.1) is 11.3 Å². The molecule has 1 unspecified atom stereocenters. The zero-order valence-electron chi connectivity index (χ0n) is 21.0. The second-order valence-electron chi connectivity index (χ2n) is 8.54. The summed E-state index contributed by atoms with van der Waals surface area (Å²) < 4.78 is 23.8. The summed E-state index contributed by atoms with van der Waals surface area (Å²) >= 11 is 1.47. The highest BCUT2D eigenvalue weighted by atomic mass is 32.2. The number of carbonyl (C=O) groups is 1. The number of carbonyl (C=O) groups excluding carboxylic acids is 1. The first-order valence-corrected chi connectivity index (χ1v) is 14.4. The first-order valence-electron chi connectivity index (χ1n) is 11.9. The maximum atomic E-state index is 12.5. The quantitative estimate of drug-likeness (QED) is 0.467. The lowest BCUT2D eigenvalue weighted by Crippen LogP contribution is -2.21. The molecule has 1 N–H and O–H groups in total. The second kappa shape index (κ2) is 12.2. The van der Waals surface area contributed by atoms with E-state index in [-0.39, 0.29) is 29.0 Å². The van der Waals surface area contributed by atoms with Crippen LogP contribution in [-0.2, 0) is 34.1 Å². The van der Waals surface area contributed by atoms with Crippen LogP contribution in [-0.4, -0.2) is 34.9 Å². The van der Waals surface area contributed by atoms with Crippen LogP contribution in [0.3, 0.4) is 0 Å². The number of nitrogens with one attached hydrogen (secondary N) is 1. The van der Waals surface area contributed by atoms with Crippen molar-refractivity contribution in [3.63, 3.8) is 0 Å². The summed E-state index contributed by atoms with van der Waals surface area (Å²) in [6.45, 7) is 9.30. The predicted molar refractivity (Wildman–Crippen MR) is 141 cm³/mol. The third-order valence-corrected chi connectivity index (χ3v) is 8.33. The van der Waals surface area contributed by atoms with E-state index in [1.165, 1.54) is 17.8 Å². The van der Waals surface area contributed by atoms with E-state index >= 15 is 0 Å². The number of aromatic nitrogens is 2. The number of fused-ring (bicyclic) bond motifs is 1. The molecule has 3 heterocycles. The minimum atomic E-state index is -3.25. The SMILES string of the molecule is CCC.CCS(=O)(=O)c1ccc(CC(=O)Nc2nc3c(s2)CN(Cc2ccc(C#N)cn2)C3C)cc1. The molecule has 190 valence electrons. The first kappa shape index (κ1) is 27.5. The van der Waals surface area contributed by atoms with Gasteiger partial charge < -0.3 is 5.32 Å². The molecule has 3 aromatic rings. The largest absolute Gasteiger partial charge is 0.302 e. The smallest absolute Gasteiger partial charge is 0.230 e. The second-order valence-corrected chi connectivity index (χ2v) is 11.9. The topological polar surface area (TPSA) is 116 Å². The minimum Gasteiger partial charge on any atom is -0.302 e. The van der Waals surface area contributed by atoms with Crippen LogP contribution in [0.1, 0.15) is 67.5 Å². The number of hydrogen-bond donors (Lipinski definition) is 1. The molecule has 1 atom stereocenters. The number of thiazole rings is 1. The molecular weight excluding hydrogens is 494 g/mol. The molecular formula is C26H31N5O3S2. The molecule has 36 heavy (non-hydrogen) atoms. The molecule has 0 saturated carbocycles. The molecule has 0 aliphatic carbocycles. The van der Waals surface area contributed by atoms with Crippen molar-refractivity contribution < 1.29 is 13.2 Å². The van der Waals surface area contributed by atoms with Gasteiger partial charge in [-0.2, -0.15) is 5.26 Å². The van der Waals surface area contributed by atoms with Crippen molar-refractivity contribution >= 4 is 32.2 Å². The Kier molecular flexibility index (Phi) is 9.31. The number of benzene rings is 1. The molecule has 1 aliphatic rings. The molecule has 0 radical (unpaired) electrons. The highest BCUT2D eigenvalue weighted by Gasteiger charge is 2.31. The molecule has 0 spiro atoms. The summed E-state index contributed by atoms with van der Waals surface area (Å²) in [6.07, 6.45) is 2.97. The Bertz CT molecular complexity index is 1330. The number of amides is 1. The summed E-state index contributed by atoms with van der Waals surface area (Å²) in [5.74, 6) is -0.152. The van der Waals surface area contributed by atoms with Crippen molar-refractivity contribution in [3.05, 3.63) is 70.0 Å². The Balaban J connectivity index is 0.00000115. The van der Waals surface area contributed by atoms with Crippen molar-refractivity contribution in [2.24, 2.45) is 0 Å². The van der Waals surface area contributed by atoms with Crippen molar-refractivity contribution in [2.45, 2.75) is 64.6 Å². The van der Waals surface area contributed by atoms with Crippen molar-refractivity contribution in [1.82, 2.24) is 14.9 Å². The third kappa shape index (κ3) is 6.75. The number of pyridine rings is 1. The summed E-state index contributed by atoms with van der Waals surface area (Å²) in [5.41, 5.74) is 3.12. The van der Waals surface area contributed by atoms with E-state index < -0.39 is 9.84 Å². The molecule has 2 aromatic heterocycles. The molecule has 1 amide bonds. The van der Waals surface area contributed by atoms with Crippen LogP contribution in [0.2, 0.25) is 0 Å². The standard InChI is InChI=1S/C23H23N5O3S2.C3H8/c1-3-33(30,31)19-8-5-16(6-9-19)10-21(29)26-23-27-22-15(2)28(14-20(22)32-23)13-18-7-4-17(11-24)12-25-18;1-3-2/h4-9,12,15H,3,10,13-14H2,1-2H3,(H,26,27,29);3H2,1-2H3. The monoisotopic (exact) mass is 525 g/mol. The lowest BCUT2D eigenvalue weighted by molar-refractivity contribution is -0.115. The average Bonchev–Trinajstić information content (AvgIpc) is 3.38. The molecule has 10 heteroatoms. The van der Waals surface area contributed by atoms with Crippen LogP contribution in [0.15, 0.2) is 47.5 Å². The fourth-order valence-electron chi connectivity index (χ4n) is 3.67. The highest BCUT2D eigenvalue weighted by molar-refractivity contribution is 7.91. The van der Waals surface area contributed by atoms with Gasteiger partial charge in [0.05, 0.1) is 40.1 Å². The van der Waals surface area contributed by atoms with Crippen molar-refractivity contribution in [2.75, 3.05) is 11.1 Å². The van der Waals surface area contributed by atoms with Gasteiger partial charge in [0.1, 0.15) is 6.07 Å². The van der Waals surface area contributed by atoms with E-state index in [1.807, 2.05) is 6.07 Å². The summed E-state index contributed by atoms with van der Waals surface area (Å²) in [5, 5.41) is 12.3. The van der Waals surface area contributed by atoms with Gasteiger partial charge >= 0.3 is 0 Å². The van der Waals surface area contributed by atoms with Crippen LogP contribution >= 0.6 is 11.3 Å². The molecule has 1 aliphatic heterocycles. The molecule has 4 rings (SSSR count). The van der Waals surface area contributed by atoms with Crippen LogP contribution in [0.5, 0.6) is 0 Å². The van der Waals surface area contributed by atoms with Crippen LogP contribution < -0.4 is 5.32 Å². The molecule has 0 fully saturated rings. The minimum absolute atomic E-state index is 0.0430. The van der Waals surface area contributed by atoms with E-state index in [4.69, 9.17) is 5.26 Å². The van der Waals surface area contributed by atoms with E-state index in [0.29, 0.717) is 17.2 Å². The summed E-state index contributed by atoms with van der Waals surface area (Å²) in [7, 11) is -3.25. The van der Waals surface area contributed by atoms with E-state index in [1.54, 1.807) is 43.5 Å². The van der Waals surface area contributed by atoms with Gasteiger partial charge in [-0.05, 0) is 36.8 Å². The van der Waals surface area contributed by atoms with E-state index in [9.17, 15) is 13.2 Å². The maximum absolute atomic E-state index is 12.5. The first-order chi connectivity index (χ1) is 17.2. The molecule has 0 saturated heterocycles. The number of nitriles is 1. The molecule has 0 bridgehead atoms. The van der Waals surface area contributed by atoms with Gasteiger partial charge in [0.2, 0.25) is 5.91 Å². The van der Waals surface area contributed by atoms with E-state index in [2.05, 4.69) is 47.0 Å². The van der Waals surface area contributed by atoms with Crippen LogP contribution in [0.4, 0.5) is 5.13 Å². The Morgan fingerprint density at radius 2 is 1.89 bits per heavy atom. The fraction of sp³-hybridized carbons (Fsp3) is 0.385. The number of hydrogen-bond acceptors (Lipinski definition) is 8. The Hall–Kier alpha value is -3.13. The number of rotatable bonds is 7. The lowest BCUT2D eigenvalue weighted by atomic mass is 10.1.